The summed E-state index contributed by atoms with van der Waals surface area (Å²) in [7, 11) is 1.54. The van der Waals surface area contributed by atoms with E-state index in [9.17, 15) is 14.0 Å². The molecule has 2 unspecified atom stereocenters. The van der Waals surface area contributed by atoms with Crippen molar-refractivity contribution in [3.63, 3.8) is 0 Å². The molecule has 9 heteroatoms. The number of benzene rings is 1. The van der Waals surface area contributed by atoms with Crippen LogP contribution < -0.4 is 10.8 Å². The number of carbonyl (C=O) groups is 2. The van der Waals surface area contributed by atoms with Crippen molar-refractivity contribution >= 4 is 40.1 Å². The zero-order valence-electron chi connectivity index (χ0n) is 13.8. The van der Waals surface area contributed by atoms with E-state index in [1.54, 1.807) is 19.1 Å². The van der Waals surface area contributed by atoms with Crippen molar-refractivity contribution in [1.29, 1.82) is 0 Å². The van der Waals surface area contributed by atoms with E-state index < -0.39 is 23.8 Å². The Morgan fingerprint density at radius 2 is 2.20 bits per heavy atom. The first-order valence-electron chi connectivity index (χ1n) is 7.54. The largest absolute Gasteiger partial charge is 0.394 e. The molecule has 0 saturated carbocycles. The first kappa shape index (κ1) is 19.6. The second kappa shape index (κ2) is 8.59. The van der Waals surface area contributed by atoms with E-state index in [0.717, 1.165) is 3.57 Å². The molecule has 25 heavy (non-hydrogen) atoms. The monoisotopic (exact) mass is 463 g/mol. The van der Waals surface area contributed by atoms with Crippen LogP contribution in [0.3, 0.4) is 0 Å². The lowest BCUT2D eigenvalue weighted by molar-refractivity contribution is -0.141. The highest BCUT2D eigenvalue weighted by molar-refractivity contribution is 14.1. The van der Waals surface area contributed by atoms with Gasteiger partial charge in [-0.25, -0.2) is 9.87 Å². The molecule has 7 nitrogen and oxygen atoms in total. The van der Waals surface area contributed by atoms with Gasteiger partial charge in [0.1, 0.15) is 12.0 Å². The maximum Gasteiger partial charge on any atom is 0.254 e. The lowest BCUT2D eigenvalue weighted by Gasteiger charge is -2.37. The van der Waals surface area contributed by atoms with Crippen LogP contribution in [0.1, 0.15) is 6.92 Å². The molecule has 0 radical (unpaired) electrons. The number of likely N-dealkylation sites (N-methyl/N-ethyl adjacent to an activating group) is 1. The van der Waals surface area contributed by atoms with Gasteiger partial charge in [-0.2, -0.15) is 0 Å². The minimum Gasteiger partial charge on any atom is -0.394 e. The topological polar surface area (TPSA) is 90.9 Å². The molecular weight excluding hydrogens is 444 g/mol. The number of carbonyl (C=O) groups excluding carboxylic acids is 2. The van der Waals surface area contributed by atoms with Crippen molar-refractivity contribution in [2.24, 2.45) is 5.92 Å². The van der Waals surface area contributed by atoms with Gasteiger partial charge in [0, 0.05) is 16.2 Å². The molecule has 3 N–H and O–H groups in total. The summed E-state index contributed by atoms with van der Waals surface area (Å²) in [6, 6.07) is 4.63. The molecule has 136 valence electrons. The Labute approximate surface area is 158 Å². The van der Waals surface area contributed by atoms with E-state index in [1.165, 1.54) is 24.1 Å². The van der Waals surface area contributed by atoms with Crippen molar-refractivity contribution in [3.05, 3.63) is 39.2 Å². The summed E-state index contributed by atoms with van der Waals surface area (Å²) in [6.07, 6.45) is 0.728. The molecule has 0 fully saturated rings. The zero-order valence-corrected chi connectivity index (χ0v) is 15.9. The minimum absolute atomic E-state index is 0.0558. The van der Waals surface area contributed by atoms with Crippen LogP contribution in [0.5, 0.6) is 0 Å². The molecule has 0 aromatic heterocycles. The van der Waals surface area contributed by atoms with Crippen LogP contribution in [-0.2, 0) is 14.4 Å². The summed E-state index contributed by atoms with van der Waals surface area (Å²) in [5.41, 5.74) is 2.83. The lowest BCUT2D eigenvalue weighted by Crippen LogP contribution is -2.54. The molecule has 0 spiro atoms. The summed E-state index contributed by atoms with van der Waals surface area (Å²) >= 11 is 1.99. The van der Waals surface area contributed by atoms with Gasteiger partial charge in [-0.1, -0.05) is 6.08 Å². The van der Waals surface area contributed by atoms with E-state index in [-0.39, 0.29) is 24.8 Å². The van der Waals surface area contributed by atoms with E-state index in [4.69, 9.17) is 9.94 Å². The molecule has 1 aromatic carbocycles. The highest BCUT2D eigenvalue weighted by Crippen LogP contribution is 2.26. The number of nitrogens with one attached hydrogen (secondary N) is 2. The number of hydrogen-bond acceptors (Lipinski definition) is 5. The average molecular weight is 463 g/mol. The Hall–Kier alpha value is -1.72. The van der Waals surface area contributed by atoms with Gasteiger partial charge in [0.2, 0.25) is 0 Å². The second-order valence-electron chi connectivity index (χ2n) is 5.54. The third kappa shape index (κ3) is 4.67. The number of aliphatic hydroxyl groups is 1. The normalized spacial score (nSPS) is 20.3. The number of rotatable bonds is 6. The number of aliphatic hydroxyl groups excluding tert-OH is 1. The zero-order chi connectivity index (χ0) is 18.6. The van der Waals surface area contributed by atoms with E-state index in [0.29, 0.717) is 5.57 Å². The lowest BCUT2D eigenvalue weighted by atomic mass is 9.95. The van der Waals surface area contributed by atoms with Crippen LogP contribution in [0, 0.1) is 15.3 Å². The third-order valence-electron chi connectivity index (χ3n) is 3.75. The summed E-state index contributed by atoms with van der Waals surface area (Å²) in [5.74, 6) is -2.03. The fraction of sp³-hybridized carbons (Fsp3) is 0.375. The van der Waals surface area contributed by atoms with Gasteiger partial charge in [-0.05, 0) is 47.7 Å². The maximum absolute atomic E-state index is 14.1. The molecule has 1 aromatic rings. The molecule has 1 aliphatic heterocycles. The smallest absolute Gasteiger partial charge is 0.254 e. The van der Waals surface area contributed by atoms with Crippen molar-refractivity contribution in [2.75, 3.05) is 25.6 Å². The summed E-state index contributed by atoms with van der Waals surface area (Å²) in [6.45, 7) is 1.31. The number of halogens is 2. The van der Waals surface area contributed by atoms with Gasteiger partial charge >= 0.3 is 0 Å². The average Bonchev–Trinajstić information content (AvgIpc) is 2.57. The molecule has 0 saturated heterocycles. The second-order valence-corrected chi connectivity index (χ2v) is 6.79. The fourth-order valence-electron chi connectivity index (χ4n) is 2.48. The van der Waals surface area contributed by atoms with E-state index in [2.05, 4.69) is 10.8 Å². The molecule has 2 atom stereocenters. The number of anilines is 1. The molecule has 1 heterocycles. The number of hydroxylamine groups is 1. The Morgan fingerprint density at radius 3 is 2.84 bits per heavy atom. The summed E-state index contributed by atoms with van der Waals surface area (Å²) < 4.78 is 14.9. The van der Waals surface area contributed by atoms with Gasteiger partial charge in [0.05, 0.1) is 24.8 Å². The SMILES string of the molecule is CC1=CC(C(=O)NOCCO)C(Nc2ccc(I)cc2F)N(C)C1=O. The predicted molar refractivity (Wildman–Crippen MR) is 97.7 cm³/mol. The summed E-state index contributed by atoms with van der Waals surface area (Å²) in [4.78, 5) is 30.8. The van der Waals surface area contributed by atoms with Crippen LogP contribution in [0.25, 0.3) is 0 Å². The van der Waals surface area contributed by atoms with Crippen molar-refractivity contribution in [2.45, 2.75) is 13.1 Å². The van der Waals surface area contributed by atoms with Crippen LogP contribution in [-0.4, -0.2) is 48.2 Å². The van der Waals surface area contributed by atoms with Crippen molar-refractivity contribution in [1.82, 2.24) is 10.4 Å². The molecule has 0 bridgehead atoms. The minimum atomic E-state index is -0.792. The quantitative estimate of drug-likeness (QED) is 0.336. The van der Waals surface area contributed by atoms with Crippen LogP contribution in [0.15, 0.2) is 29.8 Å². The van der Waals surface area contributed by atoms with Crippen LogP contribution in [0.2, 0.25) is 0 Å². The fourth-order valence-corrected chi connectivity index (χ4v) is 2.94. The molecule has 0 aliphatic carbocycles. The first-order valence-corrected chi connectivity index (χ1v) is 8.62. The highest BCUT2D eigenvalue weighted by Gasteiger charge is 2.37. The first-order chi connectivity index (χ1) is 11.8. The van der Waals surface area contributed by atoms with Gasteiger partial charge in [0.15, 0.2) is 0 Å². The Balaban J connectivity index is 2.26. The molecule has 2 rings (SSSR count). The number of amides is 2. The predicted octanol–water partition coefficient (Wildman–Crippen LogP) is 1.24. The van der Waals surface area contributed by atoms with Gasteiger partial charge in [-0.15, -0.1) is 0 Å². The van der Waals surface area contributed by atoms with Gasteiger partial charge < -0.3 is 15.3 Å². The number of nitrogens with zero attached hydrogens (tertiary/aromatic N) is 1. The number of hydrogen-bond donors (Lipinski definition) is 3. The standard InChI is InChI=1S/C16H19FIN3O4/c1-9-7-11(15(23)20-25-6-5-22)14(21(2)16(9)24)19-13-4-3-10(18)8-12(13)17/h3-4,7-8,11,14,19,22H,5-6H2,1-2H3,(H,20,23). The maximum atomic E-state index is 14.1. The molecule has 2 amide bonds. The molecular formula is C16H19FIN3O4. The van der Waals surface area contributed by atoms with Gasteiger partial charge in [0.25, 0.3) is 11.8 Å². The van der Waals surface area contributed by atoms with E-state index in [1.807, 2.05) is 22.6 Å². The van der Waals surface area contributed by atoms with Crippen molar-refractivity contribution < 1.29 is 23.9 Å². The third-order valence-corrected chi connectivity index (χ3v) is 4.42. The Bertz CT molecular complexity index is 698. The summed E-state index contributed by atoms with van der Waals surface area (Å²) in [5, 5.41) is 11.6. The Kier molecular flexibility index (Phi) is 6.73. The van der Waals surface area contributed by atoms with Crippen LogP contribution in [0.4, 0.5) is 10.1 Å². The van der Waals surface area contributed by atoms with Gasteiger partial charge in [-0.3, -0.25) is 14.4 Å². The van der Waals surface area contributed by atoms with Crippen LogP contribution >= 0.6 is 22.6 Å². The highest BCUT2D eigenvalue weighted by atomic mass is 127. The Morgan fingerprint density at radius 1 is 1.48 bits per heavy atom. The van der Waals surface area contributed by atoms with Crippen molar-refractivity contribution in [3.8, 4) is 0 Å². The van der Waals surface area contributed by atoms with E-state index >= 15 is 0 Å². The molecule has 1 aliphatic rings.